The van der Waals surface area contributed by atoms with Crippen LogP contribution in [-0.4, -0.2) is 30.1 Å². The lowest BCUT2D eigenvalue weighted by molar-refractivity contribution is 0.0784. The van der Waals surface area contributed by atoms with Crippen molar-refractivity contribution in [3.63, 3.8) is 0 Å². The second-order valence-corrected chi connectivity index (χ2v) is 6.48. The molecule has 0 aliphatic rings. The quantitative estimate of drug-likeness (QED) is 0.634. The van der Waals surface area contributed by atoms with Crippen LogP contribution < -0.4 is 4.74 Å². The van der Waals surface area contributed by atoms with Crippen LogP contribution in [-0.2, 0) is 6.54 Å². The molecule has 0 radical (unpaired) electrons. The Kier molecular flexibility index (Phi) is 5.46. The van der Waals surface area contributed by atoms with Gasteiger partial charge in [-0.25, -0.2) is 4.39 Å². The van der Waals surface area contributed by atoms with Crippen molar-refractivity contribution in [3.8, 4) is 17.0 Å². The van der Waals surface area contributed by atoms with Gasteiger partial charge in [0.1, 0.15) is 28.6 Å². The van der Waals surface area contributed by atoms with Crippen molar-refractivity contribution < 1.29 is 18.4 Å². The molecule has 1 amide bonds. The van der Waals surface area contributed by atoms with Crippen molar-refractivity contribution in [2.75, 3.05) is 14.2 Å². The van der Waals surface area contributed by atoms with E-state index in [2.05, 4.69) is 5.16 Å². The van der Waals surface area contributed by atoms with Gasteiger partial charge in [-0.3, -0.25) is 4.79 Å². The highest BCUT2D eigenvalue weighted by Gasteiger charge is 2.27. The number of carbonyl (C=O) groups is 1. The van der Waals surface area contributed by atoms with Gasteiger partial charge in [-0.05, 0) is 36.8 Å². The number of aromatic nitrogens is 1. The Hall–Kier alpha value is -2.86. The largest absolute Gasteiger partial charge is 0.497 e. The van der Waals surface area contributed by atoms with Gasteiger partial charge in [-0.2, -0.15) is 0 Å². The number of halogens is 2. The zero-order valence-electron chi connectivity index (χ0n) is 15.1. The van der Waals surface area contributed by atoms with Crippen LogP contribution in [0.1, 0.15) is 21.7 Å². The van der Waals surface area contributed by atoms with Crippen LogP contribution in [0, 0.1) is 12.7 Å². The molecule has 0 aliphatic heterocycles. The number of ether oxygens (including phenoxy) is 1. The Morgan fingerprint density at radius 2 is 1.96 bits per heavy atom. The Bertz CT molecular complexity index is 950. The molecule has 140 valence electrons. The van der Waals surface area contributed by atoms with Crippen molar-refractivity contribution in [3.05, 3.63) is 70.2 Å². The van der Waals surface area contributed by atoms with Gasteiger partial charge < -0.3 is 14.2 Å². The minimum absolute atomic E-state index is 0.0530. The lowest BCUT2D eigenvalue weighted by atomic mass is 10.0. The standard InChI is InChI=1S/C20H18ClFN2O3/c1-12-17(19(23-27-12)18-15(21)5-4-6-16(18)22)20(25)24(2)11-13-7-9-14(26-3)10-8-13/h4-10H,11H2,1-3H3. The lowest BCUT2D eigenvalue weighted by Gasteiger charge is -2.18. The van der Waals surface area contributed by atoms with Gasteiger partial charge in [-0.1, -0.05) is 35.0 Å². The van der Waals surface area contributed by atoms with Crippen molar-refractivity contribution in [2.24, 2.45) is 0 Å². The molecule has 5 nitrogen and oxygen atoms in total. The van der Waals surface area contributed by atoms with Crippen molar-refractivity contribution in [2.45, 2.75) is 13.5 Å². The minimum atomic E-state index is -0.567. The molecule has 0 atom stereocenters. The van der Waals surface area contributed by atoms with Crippen molar-refractivity contribution in [1.29, 1.82) is 0 Å². The molecule has 1 aromatic heterocycles. The number of hydrogen-bond acceptors (Lipinski definition) is 4. The van der Waals surface area contributed by atoms with E-state index < -0.39 is 5.82 Å². The van der Waals surface area contributed by atoms with Gasteiger partial charge >= 0.3 is 0 Å². The highest BCUT2D eigenvalue weighted by Crippen LogP contribution is 2.34. The Morgan fingerprint density at radius 1 is 1.26 bits per heavy atom. The minimum Gasteiger partial charge on any atom is -0.497 e. The maximum absolute atomic E-state index is 14.3. The van der Waals surface area contributed by atoms with Gasteiger partial charge in [0.25, 0.3) is 5.91 Å². The summed E-state index contributed by atoms with van der Waals surface area (Å²) >= 11 is 6.13. The molecule has 7 heteroatoms. The third-order valence-electron chi connectivity index (χ3n) is 4.20. The molecular weight excluding hydrogens is 371 g/mol. The normalized spacial score (nSPS) is 10.7. The summed E-state index contributed by atoms with van der Waals surface area (Å²) < 4.78 is 24.6. The number of nitrogens with zero attached hydrogens (tertiary/aromatic N) is 2. The average Bonchev–Trinajstić information content (AvgIpc) is 3.02. The van der Waals surface area contributed by atoms with Crippen LogP contribution >= 0.6 is 11.6 Å². The summed E-state index contributed by atoms with van der Waals surface area (Å²) in [4.78, 5) is 14.5. The van der Waals surface area contributed by atoms with Gasteiger partial charge in [0.2, 0.25) is 0 Å². The molecule has 0 bridgehead atoms. The highest BCUT2D eigenvalue weighted by molar-refractivity contribution is 6.33. The second-order valence-electron chi connectivity index (χ2n) is 6.07. The summed E-state index contributed by atoms with van der Waals surface area (Å²) in [5.41, 5.74) is 1.27. The van der Waals surface area contributed by atoms with Gasteiger partial charge in [-0.15, -0.1) is 0 Å². The lowest BCUT2D eigenvalue weighted by Crippen LogP contribution is -2.27. The van der Waals surface area contributed by atoms with Crippen LogP contribution in [0.2, 0.25) is 5.02 Å². The fourth-order valence-electron chi connectivity index (χ4n) is 2.79. The molecule has 3 rings (SSSR count). The molecule has 1 heterocycles. The predicted octanol–water partition coefficient (Wildman–Crippen LogP) is 4.72. The third-order valence-corrected chi connectivity index (χ3v) is 4.52. The van der Waals surface area contributed by atoms with E-state index in [1.807, 2.05) is 24.3 Å². The summed E-state index contributed by atoms with van der Waals surface area (Å²) in [6.07, 6.45) is 0. The molecule has 0 saturated carbocycles. The Balaban J connectivity index is 1.91. The maximum Gasteiger partial charge on any atom is 0.259 e. The van der Waals surface area contributed by atoms with Gasteiger partial charge in [0.15, 0.2) is 0 Å². The van der Waals surface area contributed by atoms with E-state index >= 15 is 0 Å². The number of rotatable bonds is 5. The molecule has 0 fully saturated rings. The van der Waals surface area contributed by atoms with E-state index in [9.17, 15) is 9.18 Å². The number of carbonyl (C=O) groups excluding carboxylic acids is 1. The zero-order chi connectivity index (χ0) is 19.6. The van der Waals surface area contributed by atoms with Crippen LogP contribution in [0.15, 0.2) is 47.0 Å². The number of methoxy groups -OCH3 is 1. The Labute approximate surface area is 161 Å². The van der Waals surface area contributed by atoms with Crippen molar-refractivity contribution in [1.82, 2.24) is 10.1 Å². The van der Waals surface area contributed by atoms with Crippen LogP contribution in [0.3, 0.4) is 0 Å². The topological polar surface area (TPSA) is 55.6 Å². The Morgan fingerprint density at radius 3 is 2.59 bits per heavy atom. The second kappa shape index (κ2) is 7.80. The van der Waals surface area contributed by atoms with Crippen molar-refractivity contribution >= 4 is 17.5 Å². The van der Waals surface area contributed by atoms with E-state index in [0.29, 0.717) is 12.3 Å². The smallest absolute Gasteiger partial charge is 0.259 e. The summed E-state index contributed by atoms with van der Waals surface area (Å²) in [5, 5.41) is 4.04. The number of amides is 1. The van der Waals surface area contributed by atoms with E-state index in [-0.39, 0.29) is 27.8 Å². The molecular formula is C20H18ClFN2O3. The SMILES string of the molecule is COc1ccc(CN(C)C(=O)c2c(-c3c(F)cccc3Cl)noc2C)cc1. The summed E-state index contributed by atoms with van der Waals surface area (Å²) in [6.45, 7) is 1.97. The molecule has 0 N–H and O–H groups in total. The zero-order valence-corrected chi connectivity index (χ0v) is 15.9. The molecule has 0 spiro atoms. The molecule has 0 aliphatic carbocycles. The van der Waals surface area contributed by atoms with E-state index in [0.717, 1.165) is 11.3 Å². The van der Waals surface area contributed by atoms with Crippen LogP contribution in [0.4, 0.5) is 4.39 Å². The fraction of sp³-hybridized carbons (Fsp3) is 0.200. The summed E-state index contributed by atoms with van der Waals surface area (Å²) in [7, 11) is 3.25. The monoisotopic (exact) mass is 388 g/mol. The molecule has 3 aromatic rings. The van der Waals surface area contributed by atoms with E-state index in [1.165, 1.54) is 17.0 Å². The summed E-state index contributed by atoms with van der Waals surface area (Å²) in [6, 6.07) is 11.7. The first-order valence-electron chi connectivity index (χ1n) is 8.21. The maximum atomic E-state index is 14.3. The summed E-state index contributed by atoms with van der Waals surface area (Å²) in [5.74, 6) is 0.136. The third kappa shape index (κ3) is 3.80. The first-order chi connectivity index (χ1) is 12.9. The number of benzene rings is 2. The fourth-order valence-corrected chi connectivity index (χ4v) is 3.04. The highest BCUT2D eigenvalue weighted by atomic mass is 35.5. The molecule has 0 saturated heterocycles. The first-order valence-corrected chi connectivity index (χ1v) is 8.59. The first kappa shape index (κ1) is 18.9. The van der Waals surface area contributed by atoms with Crippen LogP contribution in [0.5, 0.6) is 5.75 Å². The molecule has 27 heavy (non-hydrogen) atoms. The molecule has 0 unspecified atom stereocenters. The number of hydrogen-bond donors (Lipinski definition) is 0. The molecule has 2 aromatic carbocycles. The number of aryl methyl sites for hydroxylation is 1. The van der Waals surface area contributed by atoms with E-state index in [4.69, 9.17) is 20.9 Å². The van der Waals surface area contributed by atoms with Crippen LogP contribution in [0.25, 0.3) is 11.3 Å². The predicted molar refractivity (Wildman–Crippen MR) is 100 cm³/mol. The van der Waals surface area contributed by atoms with Gasteiger partial charge in [0, 0.05) is 13.6 Å². The van der Waals surface area contributed by atoms with Gasteiger partial charge in [0.05, 0.1) is 17.7 Å². The van der Waals surface area contributed by atoms with E-state index in [1.54, 1.807) is 27.1 Å². The average molecular weight is 389 g/mol.